The predicted octanol–water partition coefficient (Wildman–Crippen LogP) is 5.37. The third-order valence-corrected chi connectivity index (χ3v) is 5.28. The first-order valence-electron chi connectivity index (χ1n) is 10.3. The van der Waals surface area contributed by atoms with Crippen molar-refractivity contribution >= 4 is 16.6 Å². The number of fused-ring (bicyclic) bond motifs is 1. The molecule has 0 atom stereocenters. The highest BCUT2D eigenvalue weighted by molar-refractivity contribution is 6.08. The van der Waals surface area contributed by atoms with E-state index in [-0.39, 0.29) is 0 Å². The fraction of sp³-hybridized carbons (Fsp3) is 0.0769. The molecular weight excluding hydrogens is 398 g/mol. The van der Waals surface area contributed by atoms with Gasteiger partial charge in [-0.3, -0.25) is 0 Å². The Hall–Kier alpha value is -4.32. The first-order valence-corrected chi connectivity index (χ1v) is 10.3. The van der Waals surface area contributed by atoms with E-state index in [1.165, 1.54) is 5.56 Å². The lowest BCUT2D eigenvalue weighted by Gasteiger charge is -2.15. The quantitative estimate of drug-likeness (QED) is 0.399. The standard InChI is InChI=1S/C26H21N5O/c1-32-26-28-16-20(17-29-26)24-22-14-8-13-21(19-11-6-3-7-12-19)23(22)25(31-30-24)27-15-18-9-4-2-5-10-18/h2-14,16-17H,15H2,1H3,(H,27,31). The summed E-state index contributed by atoms with van der Waals surface area (Å²) >= 11 is 0. The zero-order valence-electron chi connectivity index (χ0n) is 17.6. The molecule has 0 radical (unpaired) electrons. The van der Waals surface area contributed by atoms with Crippen LogP contribution in [-0.4, -0.2) is 27.3 Å². The number of nitrogens with one attached hydrogen (secondary N) is 1. The average molecular weight is 419 g/mol. The third kappa shape index (κ3) is 3.86. The summed E-state index contributed by atoms with van der Waals surface area (Å²) in [4.78, 5) is 8.49. The fourth-order valence-corrected chi connectivity index (χ4v) is 3.73. The molecule has 0 unspecified atom stereocenters. The van der Waals surface area contributed by atoms with Crippen LogP contribution in [0.5, 0.6) is 6.01 Å². The molecule has 32 heavy (non-hydrogen) atoms. The first-order chi connectivity index (χ1) is 15.8. The van der Waals surface area contributed by atoms with Gasteiger partial charge in [0, 0.05) is 35.3 Å². The van der Waals surface area contributed by atoms with Crippen molar-refractivity contribution in [2.24, 2.45) is 0 Å². The average Bonchev–Trinajstić information content (AvgIpc) is 2.88. The van der Waals surface area contributed by atoms with Crippen LogP contribution in [0.15, 0.2) is 91.3 Å². The Morgan fingerprint density at radius 1 is 0.750 bits per heavy atom. The summed E-state index contributed by atoms with van der Waals surface area (Å²) in [5, 5.41) is 14.6. The maximum atomic E-state index is 5.09. The molecule has 156 valence electrons. The van der Waals surface area contributed by atoms with Crippen molar-refractivity contribution in [2.45, 2.75) is 6.54 Å². The highest BCUT2D eigenvalue weighted by Crippen LogP contribution is 2.36. The first kappa shape index (κ1) is 19.6. The van der Waals surface area contributed by atoms with Gasteiger partial charge in [0.1, 0.15) is 5.69 Å². The Labute approximate surface area is 186 Å². The molecular formula is C26H21N5O. The zero-order valence-corrected chi connectivity index (χ0v) is 17.6. The molecule has 1 N–H and O–H groups in total. The largest absolute Gasteiger partial charge is 0.467 e. The lowest BCUT2D eigenvalue weighted by Crippen LogP contribution is -2.05. The van der Waals surface area contributed by atoms with Gasteiger partial charge in [-0.2, -0.15) is 0 Å². The Morgan fingerprint density at radius 3 is 2.19 bits per heavy atom. The molecule has 3 aromatic carbocycles. The summed E-state index contributed by atoms with van der Waals surface area (Å²) in [6.07, 6.45) is 3.42. The topological polar surface area (TPSA) is 72.8 Å². The van der Waals surface area contributed by atoms with E-state index in [0.717, 1.165) is 39.0 Å². The predicted molar refractivity (Wildman–Crippen MR) is 126 cm³/mol. The van der Waals surface area contributed by atoms with Gasteiger partial charge in [-0.15, -0.1) is 10.2 Å². The summed E-state index contributed by atoms with van der Waals surface area (Å²) in [5.41, 5.74) is 4.89. The van der Waals surface area contributed by atoms with E-state index in [2.05, 4.69) is 61.9 Å². The van der Waals surface area contributed by atoms with Gasteiger partial charge >= 0.3 is 6.01 Å². The van der Waals surface area contributed by atoms with Crippen molar-refractivity contribution in [2.75, 3.05) is 12.4 Å². The van der Waals surface area contributed by atoms with Crippen LogP contribution in [0.2, 0.25) is 0 Å². The monoisotopic (exact) mass is 419 g/mol. The van der Waals surface area contributed by atoms with E-state index in [1.54, 1.807) is 19.5 Å². The molecule has 0 aliphatic carbocycles. The van der Waals surface area contributed by atoms with E-state index in [9.17, 15) is 0 Å². The van der Waals surface area contributed by atoms with Crippen molar-refractivity contribution in [3.63, 3.8) is 0 Å². The summed E-state index contributed by atoms with van der Waals surface area (Å²) in [7, 11) is 1.55. The number of anilines is 1. The highest BCUT2D eigenvalue weighted by atomic mass is 16.5. The second-order valence-corrected chi connectivity index (χ2v) is 7.29. The molecule has 2 aromatic heterocycles. The van der Waals surface area contributed by atoms with E-state index in [0.29, 0.717) is 12.6 Å². The van der Waals surface area contributed by atoms with Crippen molar-refractivity contribution < 1.29 is 4.74 Å². The van der Waals surface area contributed by atoms with Crippen LogP contribution in [0.3, 0.4) is 0 Å². The molecule has 6 nitrogen and oxygen atoms in total. The number of rotatable bonds is 6. The minimum atomic E-state index is 0.317. The second-order valence-electron chi connectivity index (χ2n) is 7.29. The maximum Gasteiger partial charge on any atom is 0.316 e. The molecule has 2 heterocycles. The molecule has 0 spiro atoms. The molecule has 0 amide bonds. The maximum absolute atomic E-state index is 5.09. The minimum Gasteiger partial charge on any atom is -0.467 e. The molecule has 5 rings (SSSR count). The van der Waals surface area contributed by atoms with Crippen LogP contribution in [-0.2, 0) is 6.54 Å². The number of nitrogens with zero attached hydrogens (tertiary/aromatic N) is 4. The van der Waals surface area contributed by atoms with Crippen LogP contribution in [0.4, 0.5) is 5.82 Å². The Balaban J connectivity index is 1.67. The number of methoxy groups -OCH3 is 1. The smallest absolute Gasteiger partial charge is 0.316 e. The molecule has 0 aliphatic rings. The SMILES string of the molecule is COc1ncc(-c2nnc(NCc3ccccc3)c3c(-c4ccccc4)cccc23)cn1. The number of hydrogen-bond donors (Lipinski definition) is 1. The van der Waals surface area contributed by atoms with Crippen LogP contribution in [0, 0.1) is 0 Å². The van der Waals surface area contributed by atoms with Gasteiger partial charge < -0.3 is 10.1 Å². The van der Waals surface area contributed by atoms with Crippen molar-refractivity contribution in [3.8, 4) is 28.4 Å². The normalized spacial score (nSPS) is 10.8. The van der Waals surface area contributed by atoms with E-state index in [4.69, 9.17) is 4.74 Å². The molecule has 0 aliphatic heterocycles. The van der Waals surface area contributed by atoms with Gasteiger partial charge in [-0.25, -0.2) is 9.97 Å². The molecule has 6 heteroatoms. The lowest BCUT2D eigenvalue weighted by atomic mass is 9.97. The van der Waals surface area contributed by atoms with Gasteiger partial charge in [0.25, 0.3) is 0 Å². The Morgan fingerprint density at radius 2 is 1.47 bits per heavy atom. The van der Waals surface area contributed by atoms with E-state index in [1.807, 2.05) is 42.5 Å². The van der Waals surface area contributed by atoms with E-state index >= 15 is 0 Å². The minimum absolute atomic E-state index is 0.317. The third-order valence-electron chi connectivity index (χ3n) is 5.28. The molecule has 0 saturated carbocycles. The summed E-state index contributed by atoms with van der Waals surface area (Å²) < 4.78 is 5.09. The molecule has 5 aromatic rings. The number of benzene rings is 3. The van der Waals surface area contributed by atoms with Gasteiger partial charge in [-0.1, -0.05) is 78.9 Å². The number of aromatic nitrogens is 4. The molecule has 0 saturated heterocycles. The zero-order chi connectivity index (χ0) is 21.8. The van der Waals surface area contributed by atoms with Crippen molar-refractivity contribution in [3.05, 3.63) is 96.8 Å². The van der Waals surface area contributed by atoms with Crippen LogP contribution in [0.25, 0.3) is 33.2 Å². The van der Waals surface area contributed by atoms with Gasteiger partial charge in [0.2, 0.25) is 0 Å². The number of hydrogen-bond acceptors (Lipinski definition) is 6. The van der Waals surface area contributed by atoms with Gasteiger partial charge in [0.05, 0.1) is 7.11 Å². The summed E-state index contributed by atoms with van der Waals surface area (Å²) in [5.74, 6) is 0.737. The number of ether oxygens (including phenoxy) is 1. The Kier molecular flexibility index (Phi) is 5.41. The van der Waals surface area contributed by atoms with Crippen LogP contribution >= 0.6 is 0 Å². The van der Waals surface area contributed by atoms with Crippen LogP contribution < -0.4 is 10.1 Å². The highest BCUT2D eigenvalue weighted by Gasteiger charge is 2.16. The molecule has 0 fully saturated rings. The van der Waals surface area contributed by atoms with Gasteiger partial charge in [0.15, 0.2) is 5.82 Å². The Bertz CT molecular complexity index is 1340. The van der Waals surface area contributed by atoms with Crippen molar-refractivity contribution in [1.82, 2.24) is 20.2 Å². The van der Waals surface area contributed by atoms with Crippen molar-refractivity contribution in [1.29, 1.82) is 0 Å². The van der Waals surface area contributed by atoms with Gasteiger partial charge in [-0.05, 0) is 16.7 Å². The fourth-order valence-electron chi connectivity index (χ4n) is 3.73. The summed E-state index contributed by atoms with van der Waals surface area (Å²) in [6, 6.07) is 27.1. The second kappa shape index (κ2) is 8.81. The van der Waals surface area contributed by atoms with Crippen LogP contribution in [0.1, 0.15) is 5.56 Å². The lowest BCUT2D eigenvalue weighted by molar-refractivity contribution is 0.380. The summed E-state index contributed by atoms with van der Waals surface area (Å²) in [6.45, 7) is 0.652. The van der Waals surface area contributed by atoms with E-state index < -0.39 is 0 Å². The molecule has 0 bridgehead atoms.